The van der Waals surface area contributed by atoms with E-state index in [1.165, 1.54) is 0 Å². The Morgan fingerprint density at radius 2 is 2.00 bits per heavy atom. The highest BCUT2D eigenvalue weighted by Crippen LogP contribution is 2.13. The Morgan fingerprint density at radius 3 is 2.59 bits per heavy atom. The standard InChI is InChI=1S/C10H20N6S/c1-7(11)4-5-17-6-8-13-9(12)15-10(14-8)16(2)3/h7H,4-6,11H2,1-3H3,(H2,12,13,14,15). The molecular formula is C10H20N6S. The van der Waals surface area contributed by atoms with Gasteiger partial charge in [-0.05, 0) is 19.1 Å². The van der Waals surface area contributed by atoms with Gasteiger partial charge in [-0.3, -0.25) is 0 Å². The Labute approximate surface area is 106 Å². The molecule has 0 bridgehead atoms. The molecule has 1 aromatic rings. The van der Waals surface area contributed by atoms with E-state index in [0.717, 1.165) is 23.8 Å². The molecule has 0 aliphatic rings. The first kappa shape index (κ1) is 14.0. The number of thioether (sulfide) groups is 1. The summed E-state index contributed by atoms with van der Waals surface area (Å²) < 4.78 is 0. The molecule has 0 saturated carbocycles. The van der Waals surface area contributed by atoms with Crippen LogP contribution in [0.5, 0.6) is 0 Å². The number of hydrogen-bond acceptors (Lipinski definition) is 7. The fourth-order valence-electron chi connectivity index (χ4n) is 1.12. The van der Waals surface area contributed by atoms with Crippen LogP contribution in [0.2, 0.25) is 0 Å². The minimum Gasteiger partial charge on any atom is -0.368 e. The molecule has 0 fully saturated rings. The van der Waals surface area contributed by atoms with Crippen molar-refractivity contribution in [1.82, 2.24) is 15.0 Å². The van der Waals surface area contributed by atoms with Crippen molar-refractivity contribution in [2.24, 2.45) is 5.73 Å². The van der Waals surface area contributed by atoms with Gasteiger partial charge in [0.05, 0.1) is 5.75 Å². The molecule has 1 rings (SSSR count). The SMILES string of the molecule is CC(N)CCSCc1nc(N)nc(N(C)C)n1. The van der Waals surface area contributed by atoms with Gasteiger partial charge in [-0.1, -0.05) is 0 Å². The molecule has 1 aromatic heterocycles. The second kappa shape index (κ2) is 6.61. The molecule has 0 saturated heterocycles. The fraction of sp³-hybridized carbons (Fsp3) is 0.700. The van der Waals surface area contributed by atoms with E-state index >= 15 is 0 Å². The minimum atomic E-state index is 0.239. The maximum atomic E-state index is 5.68. The third-order valence-electron chi connectivity index (χ3n) is 2.04. The van der Waals surface area contributed by atoms with Crippen molar-refractivity contribution < 1.29 is 0 Å². The summed E-state index contributed by atoms with van der Waals surface area (Å²) in [6.07, 6.45) is 0.992. The monoisotopic (exact) mass is 256 g/mol. The molecule has 0 aromatic carbocycles. The van der Waals surface area contributed by atoms with Gasteiger partial charge in [0.1, 0.15) is 5.82 Å². The van der Waals surface area contributed by atoms with E-state index < -0.39 is 0 Å². The Bertz CT molecular complexity index is 355. The van der Waals surface area contributed by atoms with Crippen LogP contribution in [0.15, 0.2) is 0 Å². The summed E-state index contributed by atoms with van der Waals surface area (Å²) in [5, 5.41) is 0. The Balaban J connectivity index is 2.53. The molecule has 4 N–H and O–H groups in total. The van der Waals surface area contributed by atoms with Crippen LogP contribution in [0.25, 0.3) is 0 Å². The van der Waals surface area contributed by atoms with Gasteiger partial charge in [-0.15, -0.1) is 0 Å². The molecular weight excluding hydrogens is 236 g/mol. The fourth-order valence-corrected chi connectivity index (χ4v) is 2.12. The van der Waals surface area contributed by atoms with Crippen LogP contribution in [-0.2, 0) is 5.75 Å². The summed E-state index contributed by atoms with van der Waals surface area (Å²) in [6.45, 7) is 2.01. The van der Waals surface area contributed by atoms with Crippen molar-refractivity contribution in [1.29, 1.82) is 0 Å². The molecule has 1 unspecified atom stereocenters. The molecule has 17 heavy (non-hydrogen) atoms. The van der Waals surface area contributed by atoms with E-state index in [4.69, 9.17) is 11.5 Å². The van der Waals surface area contributed by atoms with Gasteiger partial charge >= 0.3 is 0 Å². The summed E-state index contributed by atoms with van der Waals surface area (Å²) in [4.78, 5) is 14.3. The van der Waals surface area contributed by atoms with Gasteiger partial charge in [0, 0.05) is 20.1 Å². The van der Waals surface area contributed by atoms with Gasteiger partial charge < -0.3 is 16.4 Å². The first-order valence-electron chi connectivity index (χ1n) is 5.50. The summed E-state index contributed by atoms with van der Waals surface area (Å²) in [7, 11) is 3.75. The molecule has 0 aliphatic carbocycles. The van der Waals surface area contributed by atoms with E-state index in [2.05, 4.69) is 15.0 Å². The van der Waals surface area contributed by atoms with Crippen molar-refractivity contribution >= 4 is 23.7 Å². The topological polar surface area (TPSA) is 93.9 Å². The van der Waals surface area contributed by atoms with E-state index in [1.54, 1.807) is 11.8 Å². The number of anilines is 2. The number of rotatable bonds is 6. The average molecular weight is 256 g/mol. The lowest BCUT2D eigenvalue weighted by Gasteiger charge is -2.11. The van der Waals surface area contributed by atoms with Crippen LogP contribution in [-0.4, -0.2) is 40.8 Å². The molecule has 1 heterocycles. The number of nitrogens with two attached hydrogens (primary N) is 2. The first-order chi connectivity index (χ1) is 7.99. The highest BCUT2D eigenvalue weighted by Gasteiger charge is 2.06. The van der Waals surface area contributed by atoms with Gasteiger partial charge in [-0.25, -0.2) is 0 Å². The lowest BCUT2D eigenvalue weighted by atomic mass is 10.3. The minimum absolute atomic E-state index is 0.239. The summed E-state index contributed by atoms with van der Waals surface area (Å²) in [5.74, 6) is 3.32. The zero-order chi connectivity index (χ0) is 12.8. The molecule has 0 spiro atoms. The quantitative estimate of drug-likeness (QED) is 0.715. The third kappa shape index (κ3) is 5.18. The number of nitrogen functional groups attached to an aromatic ring is 1. The third-order valence-corrected chi connectivity index (χ3v) is 3.02. The Morgan fingerprint density at radius 1 is 1.29 bits per heavy atom. The zero-order valence-corrected chi connectivity index (χ0v) is 11.4. The summed E-state index contributed by atoms with van der Waals surface area (Å²) in [5.41, 5.74) is 11.3. The predicted octanol–water partition coefficient (Wildman–Crippen LogP) is 0.490. The van der Waals surface area contributed by atoms with E-state index in [9.17, 15) is 0 Å². The second-order valence-corrected chi connectivity index (χ2v) is 5.23. The molecule has 0 radical (unpaired) electrons. The van der Waals surface area contributed by atoms with E-state index in [1.807, 2.05) is 25.9 Å². The highest BCUT2D eigenvalue weighted by molar-refractivity contribution is 7.98. The normalized spacial score (nSPS) is 12.5. The number of nitrogens with zero attached hydrogens (tertiary/aromatic N) is 4. The number of aromatic nitrogens is 3. The lowest BCUT2D eigenvalue weighted by molar-refractivity contribution is 0.721. The lowest BCUT2D eigenvalue weighted by Crippen LogP contribution is -2.16. The Hall–Kier alpha value is -1.08. The average Bonchev–Trinajstić information content (AvgIpc) is 2.23. The van der Waals surface area contributed by atoms with Crippen molar-refractivity contribution in [2.75, 3.05) is 30.5 Å². The van der Waals surface area contributed by atoms with Crippen LogP contribution in [0, 0.1) is 0 Å². The smallest absolute Gasteiger partial charge is 0.229 e. The predicted molar refractivity (Wildman–Crippen MR) is 73.0 cm³/mol. The maximum Gasteiger partial charge on any atom is 0.229 e. The second-order valence-electron chi connectivity index (χ2n) is 4.12. The van der Waals surface area contributed by atoms with Crippen LogP contribution in [0.1, 0.15) is 19.2 Å². The van der Waals surface area contributed by atoms with Crippen molar-refractivity contribution in [2.45, 2.75) is 25.1 Å². The maximum absolute atomic E-state index is 5.68. The number of hydrogen-bond donors (Lipinski definition) is 2. The molecule has 1 atom stereocenters. The van der Waals surface area contributed by atoms with Gasteiger partial charge in [0.25, 0.3) is 0 Å². The van der Waals surface area contributed by atoms with Crippen LogP contribution >= 0.6 is 11.8 Å². The van der Waals surface area contributed by atoms with Crippen molar-refractivity contribution in [3.63, 3.8) is 0 Å². The molecule has 0 aliphatic heterocycles. The molecule has 6 nitrogen and oxygen atoms in total. The van der Waals surface area contributed by atoms with Crippen molar-refractivity contribution in [3.05, 3.63) is 5.82 Å². The highest BCUT2D eigenvalue weighted by atomic mass is 32.2. The summed E-state index contributed by atoms with van der Waals surface area (Å²) in [6, 6.07) is 0.239. The first-order valence-corrected chi connectivity index (χ1v) is 6.65. The molecule has 7 heteroatoms. The molecule has 96 valence electrons. The van der Waals surface area contributed by atoms with Gasteiger partial charge in [-0.2, -0.15) is 26.7 Å². The zero-order valence-electron chi connectivity index (χ0n) is 10.6. The Kier molecular flexibility index (Phi) is 5.43. The van der Waals surface area contributed by atoms with Crippen LogP contribution in [0.3, 0.4) is 0 Å². The van der Waals surface area contributed by atoms with Crippen molar-refractivity contribution in [3.8, 4) is 0 Å². The molecule has 0 amide bonds. The van der Waals surface area contributed by atoms with Crippen LogP contribution in [0.4, 0.5) is 11.9 Å². The largest absolute Gasteiger partial charge is 0.368 e. The summed E-state index contributed by atoms with van der Waals surface area (Å²) >= 11 is 1.76. The van der Waals surface area contributed by atoms with Gasteiger partial charge in [0.15, 0.2) is 0 Å². The van der Waals surface area contributed by atoms with E-state index in [-0.39, 0.29) is 12.0 Å². The van der Waals surface area contributed by atoms with Gasteiger partial charge in [0.2, 0.25) is 11.9 Å². The van der Waals surface area contributed by atoms with Crippen LogP contribution < -0.4 is 16.4 Å². The van der Waals surface area contributed by atoms with E-state index in [0.29, 0.717) is 5.95 Å².